The minimum atomic E-state index is 0.176. The summed E-state index contributed by atoms with van der Waals surface area (Å²) in [5, 5.41) is 0. The van der Waals surface area contributed by atoms with E-state index in [1.165, 1.54) is 37.9 Å². The van der Waals surface area contributed by atoms with Crippen LogP contribution in [0.3, 0.4) is 0 Å². The van der Waals surface area contributed by atoms with Crippen LogP contribution in [-0.4, -0.2) is 24.5 Å². The molecule has 2 N–H and O–H groups in total. The topological polar surface area (TPSA) is 29.3 Å². The van der Waals surface area contributed by atoms with Crippen LogP contribution >= 0.6 is 0 Å². The summed E-state index contributed by atoms with van der Waals surface area (Å²) < 4.78 is 0. The number of nitrogens with two attached hydrogens (primary N) is 1. The first-order valence-electron chi connectivity index (χ1n) is 6.86. The van der Waals surface area contributed by atoms with Crippen molar-refractivity contribution in [2.75, 3.05) is 19.6 Å². The zero-order valence-corrected chi connectivity index (χ0v) is 10.4. The van der Waals surface area contributed by atoms with Crippen molar-refractivity contribution in [3.05, 3.63) is 35.9 Å². The summed E-state index contributed by atoms with van der Waals surface area (Å²) >= 11 is 0. The van der Waals surface area contributed by atoms with Crippen molar-refractivity contribution in [2.45, 2.75) is 25.3 Å². The highest BCUT2D eigenvalue weighted by atomic mass is 15.2. The Morgan fingerprint density at radius 3 is 2.41 bits per heavy atom. The van der Waals surface area contributed by atoms with Crippen LogP contribution in [0.4, 0.5) is 0 Å². The molecular formula is C15H22N2. The van der Waals surface area contributed by atoms with Crippen LogP contribution in [0.5, 0.6) is 0 Å². The average molecular weight is 230 g/mol. The monoisotopic (exact) mass is 230 g/mol. The minimum Gasteiger partial charge on any atom is -0.323 e. The highest BCUT2D eigenvalue weighted by molar-refractivity contribution is 5.18. The molecule has 3 unspecified atom stereocenters. The highest BCUT2D eigenvalue weighted by Crippen LogP contribution is 2.37. The zero-order valence-electron chi connectivity index (χ0n) is 10.4. The third-order valence-electron chi connectivity index (χ3n) is 4.48. The van der Waals surface area contributed by atoms with Gasteiger partial charge in [0.1, 0.15) is 0 Å². The predicted molar refractivity (Wildman–Crippen MR) is 70.6 cm³/mol. The van der Waals surface area contributed by atoms with Crippen LogP contribution in [-0.2, 0) is 0 Å². The van der Waals surface area contributed by atoms with Gasteiger partial charge in [-0.05, 0) is 30.2 Å². The molecule has 2 nitrogen and oxygen atoms in total. The molecule has 0 bridgehead atoms. The highest BCUT2D eigenvalue weighted by Gasteiger charge is 2.36. The number of likely N-dealkylation sites (tertiary alicyclic amines) is 1. The Kier molecular flexibility index (Phi) is 3.17. The molecule has 1 aromatic rings. The van der Waals surface area contributed by atoms with E-state index in [9.17, 15) is 0 Å². The average Bonchev–Trinajstić information content (AvgIpc) is 2.90. The SMILES string of the molecule is NC(CN1CC2CCCC2C1)c1ccccc1. The number of fused-ring (bicyclic) bond motifs is 1. The number of hydrogen-bond donors (Lipinski definition) is 1. The van der Waals surface area contributed by atoms with Crippen molar-refractivity contribution >= 4 is 0 Å². The Morgan fingerprint density at radius 2 is 1.76 bits per heavy atom. The first-order valence-corrected chi connectivity index (χ1v) is 6.86. The van der Waals surface area contributed by atoms with Gasteiger partial charge >= 0.3 is 0 Å². The van der Waals surface area contributed by atoms with Crippen LogP contribution in [0, 0.1) is 11.8 Å². The van der Waals surface area contributed by atoms with E-state index in [1.54, 1.807) is 0 Å². The molecule has 2 fully saturated rings. The van der Waals surface area contributed by atoms with Gasteiger partial charge in [-0.15, -0.1) is 0 Å². The molecule has 3 rings (SSSR count). The van der Waals surface area contributed by atoms with Gasteiger partial charge in [0, 0.05) is 25.7 Å². The zero-order chi connectivity index (χ0) is 11.7. The summed E-state index contributed by atoms with van der Waals surface area (Å²) in [6.07, 6.45) is 4.34. The number of rotatable bonds is 3. The maximum absolute atomic E-state index is 6.28. The van der Waals surface area contributed by atoms with E-state index < -0.39 is 0 Å². The fourth-order valence-corrected chi connectivity index (χ4v) is 3.57. The summed E-state index contributed by atoms with van der Waals surface area (Å²) in [5.41, 5.74) is 7.55. The second-order valence-corrected chi connectivity index (χ2v) is 5.69. The molecule has 2 aliphatic rings. The van der Waals surface area contributed by atoms with Crippen molar-refractivity contribution < 1.29 is 0 Å². The van der Waals surface area contributed by atoms with E-state index in [0.717, 1.165) is 18.4 Å². The molecule has 1 aliphatic carbocycles. The van der Waals surface area contributed by atoms with Gasteiger partial charge in [0.2, 0.25) is 0 Å². The number of benzene rings is 1. The van der Waals surface area contributed by atoms with Crippen molar-refractivity contribution in [3.8, 4) is 0 Å². The molecule has 1 saturated carbocycles. The van der Waals surface area contributed by atoms with Crippen LogP contribution in [0.1, 0.15) is 30.9 Å². The Labute approximate surface area is 104 Å². The Bertz CT molecular complexity index is 350. The molecule has 1 heterocycles. The molecule has 2 heteroatoms. The largest absolute Gasteiger partial charge is 0.323 e. The van der Waals surface area contributed by atoms with E-state index in [-0.39, 0.29) is 6.04 Å². The van der Waals surface area contributed by atoms with Crippen LogP contribution in [0.2, 0.25) is 0 Å². The van der Waals surface area contributed by atoms with Gasteiger partial charge in [0.25, 0.3) is 0 Å². The summed E-state index contributed by atoms with van der Waals surface area (Å²) in [4.78, 5) is 2.58. The second-order valence-electron chi connectivity index (χ2n) is 5.69. The summed E-state index contributed by atoms with van der Waals surface area (Å²) in [6, 6.07) is 10.7. The lowest BCUT2D eigenvalue weighted by Crippen LogP contribution is -2.31. The summed E-state index contributed by atoms with van der Waals surface area (Å²) in [5.74, 6) is 1.94. The summed E-state index contributed by atoms with van der Waals surface area (Å²) in [7, 11) is 0. The molecule has 0 aromatic heterocycles. The van der Waals surface area contributed by atoms with Gasteiger partial charge in [0.05, 0.1) is 0 Å². The molecule has 0 spiro atoms. The Balaban J connectivity index is 1.58. The number of nitrogens with zero attached hydrogens (tertiary/aromatic N) is 1. The van der Waals surface area contributed by atoms with Crippen molar-refractivity contribution in [3.63, 3.8) is 0 Å². The normalized spacial score (nSPS) is 30.4. The van der Waals surface area contributed by atoms with E-state index in [0.29, 0.717) is 0 Å². The van der Waals surface area contributed by atoms with Gasteiger partial charge in [0.15, 0.2) is 0 Å². The van der Waals surface area contributed by atoms with Gasteiger partial charge < -0.3 is 10.6 Å². The Hall–Kier alpha value is -0.860. The molecule has 1 saturated heterocycles. The predicted octanol–water partition coefficient (Wildman–Crippen LogP) is 2.42. The third kappa shape index (κ3) is 2.38. The fourth-order valence-electron chi connectivity index (χ4n) is 3.57. The quantitative estimate of drug-likeness (QED) is 0.864. The lowest BCUT2D eigenvalue weighted by atomic mass is 10.0. The van der Waals surface area contributed by atoms with E-state index >= 15 is 0 Å². The first kappa shape index (κ1) is 11.2. The lowest BCUT2D eigenvalue weighted by molar-refractivity contribution is 0.292. The standard InChI is InChI=1S/C15H22N2/c16-15(12-5-2-1-3-6-12)11-17-9-13-7-4-8-14(13)10-17/h1-3,5-6,13-15H,4,7-11,16H2. The lowest BCUT2D eigenvalue weighted by Gasteiger charge is -2.21. The molecule has 1 aromatic carbocycles. The van der Waals surface area contributed by atoms with Crippen molar-refractivity contribution in [2.24, 2.45) is 17.6 Å². The van der Waals surface area contributed by atoms with Crippen molar-refractivity contribution in [1.82, 2.24) is 4.90 Å². The minimum absolute atomic E-state index is 0.176. The third-order valence-corrected chi connectivity index (χ3v) is 4.48. The molecule has 1 aliphatic heterocycles. The maximum Gasteiger partial charge on any atom is 0.0424 e. The molecule has 92 valence electrons. The van der Waals surface area contributed by atoms with E-state index in [2.05, 4.69) is 35.2 Å². The van der Waals surface area contributed by atoms with Crippen LogP contribution < -0.4 is 5.73 Å². The van der Waals surface area contributed by atoms with Gasteiger partial charge in [-0.3, -0.25) is 0 Å². The smallest absolute Gasteiger partial charge is 0.0424 e. The first-order chi connectivity index (χ1) is 8.33. The molecular weight excluding hydrogens is 208 g/mol. The van der Waals surface area contributed by atoms with Gasteiger partial charge in [-0.1, -0.05) is 36.8 Å². The number of hydrogen-bond acceptors (Lipinski definition) is 2. The fraction of sp³-hybridized carbons (Fsp3) is 0.600. The van der Waals surface area contributed by atoms with Crippen molar-refractivity contribution in [1.29, 1.82) is 0 Å². The second kappa shape index (κ2) is 4.79. The maximum atomic E-state index is 6.28. The molecule has 0 radical (unpaired) electrons. The van der Waals surface area contributed by atoms with Crippen LogP contribution in [0.25, 0.3) is 0 Å². The van der Waals surface area contributed by atoms with Gasteiger partial charge in [-0.25, -0.2) is 0 Å². The van der Waals surface area contributed by atoms with Crippen LogP contribution in [0.15, 0.2) is 30.3 Å². The molecule has 17 heavy (non-hydrogen) atoms. The van der Waals surface area contributed by atoms with E-state index in [4.69, 9.17) is 5.73 Å². The summed E-state index contributed by atoms with van der Waals surface area (Å²) in [6.45, 7) is 3.59. The van der Waals surface area contributed by atoms with E-state index in [1.807, 2.05) is 0 Å². The molecule has 0 amide bonds. The molecule has 3 atom stereocenters. The van der Waals surface area contributed by atoms with Gasteiger partial charge in [-0.2, -0.15) is 0 Å². The Morgan fingerprint density at radius 1 is 1.12 bits per heavy atom.